The van der Waals surface area contributed by atoms with Crippen molar-refractivity contribution in [2.75, 3.05) is 19.7 Å². The second-order valence-electron chi connectivity index (χ2n) is 3.71. The Morgan fingerprint density at radius 1 is 1.46 bits per heavy atom. The molecule has 0 radical (unpaired) electrons. The molecule has 0 aliphatic carbocycles. The Bertz CT molecular complexity index is 128. The van der Waals surface area contributed by atoms with E-state index in [-0.39, 0.29) is 6.61 Å². The van der Waals surface area contributed by atoms with E-state index in [1.54, 1.807) is 6.92 Å². The summed E-state index contributed by atoms with van der Waals surface area (Å²) >= 11 is 0. The largest absolute Gasteiger partial charge is 0.394 e. The molecule has 0 amide bonds. The Morgan fingerprint density at radius 3 is 2.54 bits per heavy atom. The second kappa shape index (κ2) is 6.32. The second-order valence-corrected chi connectivity index (χ2v) is 3.71. The predicted molar refractivity (Wildman–Crippen MR) is 51.5 cm³/mol. The fourth-order valence-corrected chi connectivity index (χ4v) is 1.20. The van der Waals surface area contributed by atoms with E-state index in [9.17, 15) is 5.11 Å². The molecular weight excluding hydrogens is 170 g/mol. The molecule has 2 unspecified atom stereocenters. The van der Waals surface area contributed by atoms with Crippen LogP contribution in [0.4, 0.5) is 0 Å². The van der Waals surface area contributed by atoms with Crippen LogP contribution in [0, 0.1) is 0 Å². The molecule has 4 heteroatoms. The molecule has 2 atom stereocenters. The quantitative estimate of drug-likeness (QED) is 0.437. The van der Waals surface area contributed by atoms with Crippen LogP contribution in [0.2, 0.25) is 0 Å². The molecule has 0 spiro atoms. The van der Waals surface area contributed by atoms with Crippen molar-refractivity contribution in [3.8, 4) is 0 Å². The molecule has 4 N–H and O–H groups in total. The Labute approximate surface area is 79.6 Å². The van der Waals surface area contributed by atoms with Crippen LogP contribution in [0.25, 0.3) is 0 Å². The van der Waals surface area contributed by atoms with Crippen LogP contribution < -0.4 is 5.32 Å². The summed E-state index contributed by atoms with van der Waals surface area (Å²) in [5.74, 6) is 0. The Hall–Kier alpha value is -0.160. The first-order chi connectivity index (χ1) is 6.02. The molecule has 0 bridgehead atoms. The van der Waals surface area contributed by atoms with Crippen LogP contribution in [0.3, 0.4) is 0 Å². The van der Waals surface area contributed by atoms with E-state index in [2.05, 4.69) is 5.32 Å². The number of aliphatic hydroxyl groups is 3. The van der Waals surface area contributed by atoms with E-state index >= 15 is 0 Å². The van der Waals surface area contributed by atoms with Crippen molar-refractivity contribution in [1.82, 2.24) is 5.32 Å². The maximum atomic E-state index is 9.69. The highest BCUT2D eigenvalue weighted by molar-refractivity contribution is 4.75. The van der Waals surface area contributed by atoms with Crippen LogP contribution in [0.15, 0.2) is 0 Å². The fraction of sp³-hybridized carbons (Fsp3) is 1.00. The maximum absolute atomic E-state index is 9.69. The third-order valence-corrected chi connectivity index (χ3v) is 1.89. The highest BCUT2D eigenvalue weighted by atomic mass is 16.3. The summed E-state index contributed by atoms with van der Waals surface area (Å²) in [6, 6.07) is 0. The van der Waals surface area contributed by atoms with E-state index in [0.29, 0.717) is 13.1 Å². The molecule has 0 aromatic rings. The smallest absolute Gasteiger partial charge is 0.0894 e. The average Bonchev–Trinajstić information content (AvgIpc) is 2.03. The van der Waals surface area contributed by atoms with Gasteiger partial charge in [-0.05, 0) is 13.3 Å². The summed E-state index contributed by atoms with van der Waals surface area (Å²) < 4.78 is 0. The van der Waals surface area contributed by atoms with Crippen LogP contribution in [0.1, 0.15) is 26.7 Å². The van der Waals surface area contributed by atoms with Crippen molar-refractivity contribution in [3.05, 3.63) is 0 Å². The zero-order valence-electron chi connectivity index (χ0n) is 8.45. The van der Waals surface area contributed by atoms with Gasteiger partial charge >= 0.3 is 0 Å². The van der Waals surface area contributed by atoms with Crippen LogP contribution in [-0.2, 0) is 0 Å². The molecule has 0 aromatic carbocycles. The summed E-state index contributed by atoms with van der Waals surface area (Å²) in [7, 11) is 0. The van der Waals surface area contributed by atoms with Crippen LogP contribution >= 0.6 is 0 Å². The van der Waals surface area contributed by atoms with Crippen LogP contribution in [-0.4, -0.2) is 46.7 Å². The third-order valence-electron chi connectivity index (χ3n) is 1.89. The van der Waals surface area contributed by atoms with Gasteiger partial charge < -0.3 is 20.6 Å². The lowest BCUT2D eigenvalue weighted by Crippen LogP contribution is -2.41. The van der Waals surface area contributed by atoms with Gasteiger partial charge in [-0.2, -0.15) is 0 Å². The SMILES string of the molecule is CCCC(C)(O)CNCC(O)CO. The first kappa shape index (κ1) is 12.8. The number of aliphatic hydroxyl groups excluding tert-OH is 2. The monoisotopic (exact) mass is 191 g/mol. The minimum absolute atomic E-state index is 0.247. The van der Waals surface area contributed by atoms with Gasteiger partial charge in [-0.1, -0.05) is 13.3 Å². The Morgan fingerprint density at radius 2 is 2.08 bits per heavy atom. The molecule has 0 fully saturated rings. The third kappa shape index (κ3) is 6.95. The molecule has 0 rings (SSSR count). The van der Waals surface area contributed by atoms with Crippen molar-refractivity contribution < 1.29 is 15.3 Å². The van der Waals surface area contributed by atoms with Gasteiger partial charge in [0.2, 0.25) is 0 Å². The minimum atomic E-state index is -0.738. The fourth-order valence-electron chi connectivity index (χ4n) is 1.20. The van der Waals surface area contributed by atoms with Crippen molar-refractivity contribution in [3.63, 3.8) is 0 Å². The lowest BCUT2D eigenvalue weighted by atomic mass is 10.0. The van der Waals surface area contributed by atoms with E-state index in [0.717, 1.165) is 12.8 Å². The highest BCUT2D eigenvalue weighted by Gasteiger charge is 2.18. The molecule has 0 aliphatic rings. The summed E-state index contributed by atoms with van der Waals surface area (Å²) in [5.41, 5.74) is -0.718. The predicted octanol–water partition coefficient (Wildman–Crippen LogP) is -0.520. The van der Waals surface area contributed by atoms with Gasteiger partial charge in [-0.15, -0.1) is 0 Å². The van der Waals surface area contributed by atoms with E-state index in [1.807, 2.05) is 6.92 Å². The van der Waals surface area contributed by atoms with E-state index in [1.165, 1.54) is 0 Å². The van der Waals surface area contributed by atoms with Crippen molar-refractivity contribution in [2.45, 2.75) is 38.4 Å². The molecule has 0 aromatic heterocycles. The first-order valence-electron chi connectivity index (χ1n) is 4.74. The molecule has 80 valence electrons. The molecule has 4 nitrogen and oxygen atoms in total. The number of hydrogen-bond acceptors (Lipinski definition) is 4. The molecular formula is C9H21NO3. The topological polar surface area (TPSA) is 72.7 Å². The summed E-state index contributed by atoms with van der Waals surface area (Å²) in [4.78, 5) is 0. The lowest BCUT2D eigenvalue weighted by Gasteiger charge is -2.23. The van der Waals surface area contributed by atoms with Gasteiger partial charge in [0.15, 0.2) is 0 Å². The zero-order chi connectivity index (χ0) is 10.3. The van der Waals surface area contributed by atoms with Gasteiger partial charge in [0.25, 0.3) is 0 Å². The van der Waals surface area contributed by atoms with Crippen molar-refractivity contribution in [2.24, 2.45) is 0 Å². The van der Waals surface area contributed by atoms with Crippen molar-refractivity contribution in [1.29, 1.82) is 0 Å². The Kier molecular flexibility index (Phi) is 6.24. The van der Waals surface area contributed by atoms with Gasteiger partial charge in [-0.25, -0.2) is 0 Å². The Balaban J connectivity index is 3.50. The van der Waals surface area contributed by atoms with Gasteiger partial charge in [0.1, 0.15) is 0 Å². The summed E-state index contributed by atoms with van der Waals surface area (Å²) in [6.07, 6.45) is 0.921. The van der Waals surface area contributed by atoms with Crippen molar-refractivity contribution >= 4 is 0 Å². The van der Waals surface area contributed by atoms with Gasteiger partial charge in [0.05, 0.1) is 18.3 Å². The molecule has 0 heterocycles. The first-order valence-corrected chi connectivity index (χ1v) is 4.74. The summed E-state index contributed by atoms with van der Waals surface area (Å²) in [6.45, 7) is 4.28. The molecule has 13 heavy (non-hydrogen) atoms. The summed E-state index contributed by atoms with van der Waals surface area (Å²) in [5, 5.41) is 30.1. The van der Waals surface area contributed by atoms with Gasteiger partial charge in [-0.3, -0.25) is 0 Å². The van der Waals surface area contributed by atoms with E-state index < -0.39 is 11.7 Å². The van der Waals surface area contributed by atoms with E-state index in [4.69, 9.17) is 10.2 Å². The minimum Gasteiger partial charge on any atom is -0.394 e. The molecule has 0 saturated carbocycles. The maximum Gasteiger partial charge on any atom is 0.0894 e. The standard InChI is InChI=1S/C9H21NO3/c1-3-4-9(2,13)7-10-5-8(12)6-11/h8,10-13H,3-7H2,1-2H3. The zero-order valence-corrected chi connectivity index (χ0v) is 8.45. The normalized spacial score (nSPS) is 18.2. The number of nitrogens with one attached hydrogen (secondary N) is 1. The number of hydrogen-bond donors (Lipinski definition) is 4. The molecule has 0 aliphatic heterocycles. The highest BCUT2D eigenvalue weighted by Crippen LogP contribution is 2.09. The number of rotatable bonds is 7. The van der Waals surface area contributed by atoms with Crippen LogP contribution in [0.5, 0.6) is 0 Å². The lowest BCUT2D eigenvalue weighted by molar-refractivity contribution is 0.0413. The molecule has 0 saturated heterocycles. The average molecular weight is 191 g/mol. The van der Waals surface area contributed by atoms with Gasteiger partial charge in [0, 0.05) is 13.1 Å².